The van der Waals surface area contributed by atoms with Crippen molar-refractivity contribution >= 4 is 27.8 Å². The number of benzene rings is 1. The quantitative estimate of drug-likeness (QED) is 0.633. The van der Waals surface area contributed by atoms with Gasteiger partial charge in [0.2, 0.25) is 0 Å². The summed E-state index contributed by atoms with van der Waals surface area (Å²) in [5.74, 6) is -0.00393. The molecule has 1 aromatic carbocycles. The van der Waals surface area contributed by atoms with Crippen LogP contribution in [-0.2, 0) is 6.54 Å². The Balaban J connectivity index is 2.20. The molecule has 3 nitrogen and oxygen atoms in total. The van der Waals surface area contributed by atoms with Gasteiger partial charge in [-0.05, 0) is 41.9 Å². The van der Waals surface area contributed by atoms with E-state index in [4.69, 9.17) is 0 Å². The molecule has 19 heavy (non-hydrogen) atoms. The molecular weight excluding hydrogens is 304 g/mol. The fourth-order valence-corrected chi connectivity index (χ4v) is 2.19. The van der Waals surface area contributed by atoms with Crippen LogP contribution >= 0.6 is 15.9 Å². The average molecular weight is 319 g/mol. The second kappa shape index (κ2) is 5.97. The van der Waals surface area contributed by atoms with Crippen LogP contribution in [0.4, 0.5) is 0 Å². The van der Waals surface area contributed by atoms with Gasteiger partial charge >= 0.3 is 0 Å². The minimum absolute atomic E-state index is 0.00393. The van der Waals surface area contributed by atoms with Gasteiger partial charge in [0.05, 0.1) is 16.4 Å². The molecule has 0 N–H and O–H groups in total. The number of hydrogen-bond acceptors (Lipinski definition) is 2. The Morgan fingerprint density at radius 3 is 2.68 bits per heavy atom. The number of ketones is 1. The van der Waals surface area contributed by atoms with Crippen molar-refractivity contribution in [2.75, 3.05) is 0 Å². The topological polar surface area (TPSA) is 34.9 Å². The highest BCUT2D eigenvalue weighted by atomic mass is 79.9. The van der Waals surface area contributed by atoms with Gasteiger partial charge in [-0.1, -0.05) is 29.8 Å². The van der Waals surface area contributed by atoms with Crippen LogP contribution in [-0.4, -0.2) is 15.6 Å². The number of allylic oxidation sites excluding steroid dienone is 1. The van der Waals surface area contributed by atoms with E-state index in [0.717, 1.165) is 22.3 Å². The molecule has 1 aromatic heterocycles. The molecule has 0 amide bonds. The van der Waals surface area contributed by atoms with Crippen LogP contribution < -0.4 is 0 Å². The van der Waals surface area contributed by atoms with Gasteiger partial charge in [0.25, 0.3) is 0 Å². The summed E-state index contributed by atoms with van der Waals surface area (Å²) in [6, 6.07) is 7.56. The van der Waals surface area contributed by atoms with Gasteiger partial charge in [-0.25, -0.2) is 0 Å². The average Bonchev–Trinajstić information content (AvgIpc) is 2.77. The lowest BCUT2D eigenvalue weighted by Gasteiger charge is -2.00. The monoisotopic (exact) mass is 318 g/mol. The summed E-state index contributed by atoms with van der Waals surface area (Å²) in [6.07, 6.45) is 5.11. The van der Waals surface area contributed by atoms with E-state index in [1.807, 2.05) is 42.8 Å². The normalized spacial score (nSPS) is 11.1. The van der Waals surface area contributed by atoms with Crippen LogP contribution in [0.5, 0.6) is 0 Å². The van der Waals surface area contributed by atoms with E-state index >= 15 is 0 Å². The Bertz CT molecular complexity index is 612. The third kappa shape index (κ3) is 3.20. The Kier molecular flexibility index (Phi) is 4.32. The van der Waals surface area contributed by atoms with Gasteiger partial charge in [-0.15, -0.1) is 0 Å². The summed E-state index contributed by atoms with van der Waals surface area (Å²) in [5.41, 5.74) is 2.75. The van der Waals surface area contributed by atoms with Gasteiger partial charge < -0.3 is 0 Å². The molecule has 0 bridgehead atoms. The molecule has 4 heteroatoms. The predicted molar refractivity (Wildman–Crippen MR) is 80.1 cm³/mol. The fraction of sp³-hybridized carbons (Fsp3) is 0.200. The summed E-state index contributed by atoms with van der Waals surface area (Å²) in [4.78, 5) is 12.0. The number of nitrogens with zero attached hydrogens (tertiary/aromatic N) is 2. The lowest BCUT2D eigenvalue weighted by molar-refractivity contribution is 0.104. The molecular formula is C15H15BrN2O. The third-order valence-corrected chi connectivity index (χ3v) is 3.47. The smallest absolute Gasteiger partial charge is 0.185 e. The number of hydrogen-bond donors (Lipinski definition) is 0. The maximum Gasteiger partial charge on any atom is 0.185 e. The molecule has 0 saturated heterocycles. The second-order valence-corrected chi connectivity index (χ2v) is 5.11. The summed E-state index contributed by atoms with van der Waals surface area (Å²) < 4.78 is 2.73. The van der Waals surface area contributed by atoms with Crippen LogP contribution in [0.15, 0.2) is 41.0 Å². The van der Waals surface area contributed by atoms with E-state index in [-0.39, 0.29) is 5.78 Å². The maximum absolute atomic E-state index is 12.0. The first-order valence-corrected chi connectivity index (χ1v) is 6.91. The van der Waals surface area contributed by atoms with E-state index in [0.29, 0.717) is 5.56 Å². The summed E-state index contributed by atoms with van der Waals surface area (Å²) in [6.45, 7) is 4.78. The minimum atomic E-state index is -0.00393. The molecule has 0 aliphatic carbocycles. The first-order chi connectivity index (χ1) is 9.11. The van der Waals surface area contributed by atoms with E-state index < -0.39 is 0 Å². The number of aromatic nitrogens is 2. The van der Waals surface area contributed by atoms with Crippen molar-refractivity contribution in [3.63, 3.8) is 0 Å². The Labute approximate surface area is 121 Å². The van der Waals surface area contributed by atoms with Gasteiger partial charge in [-0.2, -0.15) is 5.10 Å². The molecule has 0 aliphatic heterocycles. The maximum atomic E-state index is 12.0. The van der Waals surface area contributed by atoms with Crippen molar-refractivity contribution in [3.05, 3.63) is 57.8 Å². The SMILES string of the molecule is CCn1ncc(Br)c1C=CC(=O)c1ccc(C)cc1. The van der Waals surface area contributed by atoms with E-state index in [9.17, 15) is 4.79 Å². The van der Waals surface area contributed by atoms with Gasteiger partial charge in [0, 0.05) is 12.1 Å². The third-order valence-electron chi connectivity index (χ3n) is 2.86. The number of rotatable bonds is 4. The Morgan fingerprint density at radius 1 is 1.37 bits per heavy atom. The Morgan fingerprint density at radius 2 is 2.05 bits per heavy atom. The van der Waals surface area contributed by atoms with Crippen molar-refractivity contribution in [1.29, 1.82) is 0 Å². The number of carbonyl (C=O) groups is 1. The molecule has 0 spiro atoms. The minimum Gasteiger partial charge on any atom is -0.289 e. The van der Waals surface area contributed by atoms with Gasteiger partial charge in [0.1, 0.15) is 0 Å². The first-order valence-electron chi connectivity index (χ1n) is 6.12. The summed E-state index contributed by atoms with van der Waals surface area (Å²) in [7, 11) is 0. The lowest BCUT2D eigenvalue weighted by Crippen LogP contribution is -1.99. The molecule has 0 fully saturated rings. The van der Waals surface area contributed by atoms with Crippen molar-refractivity contribution in [2.24, 2.45) is 0 Å². The molecule has 2 rings (SSSR count). The zero-order valence-electron chi connectivity index (χ0n) is 10.9. The number of carbonyl (C=O) groups excluding carboxylic acids is 1. The summed E-state index contributed by atoms with van der Waals surface area (Å²) in [5, 5.41) is 4.20. The largest absolute Gasteiger partial charge is 0.289 e. The van der Waals surface area contributed by atoms with Crippen LogP contribution in [0.2, 0.25) is 0 Å². The van der Waals surface area contributed by atoms with Crippen LogP contribution in [0.1, 0.15) is 28.5 Å². The second-order valence-electron chi connectivity index (χ2n) is 4.26. The molecule has 0 saturated carbocycles. The molecule has 0 atom stereocenters. The zero-order valence-corrected chi connectivity index (χ0v) is 12.5. The predicted octanol–water partition coefficient (Wildman–Crippen LogP) is 3.87. The summed E-state index contributed by atoms with van der Waals surface area (Å²) >= 11 is 3.43. The van der Waals surface area contributed by atoms with Crippen molar-refractivity contribution in [3.8, 4) is 0 Å². The number of halogens is 1. The van der Waals surface area contributed by atoms with Crippen LogP contribution in [0, 0.1) is 6.92 Å². The number of aryl methyl sites for hydroxylation is 2. The van der Waals surface area contributed by atoms with Crippen molar-refractivity contribution < 1.29 is 4.79 Å². The highest BCUT2D eigenvalue weighted by Gasteiger charge is 2.05. The van der Waals surface area contributed by atoms with E-state index in [1.165, 1.54) is 0 Å². The molecule has 2 aromatic rings. The van der Waals surface area contributed by atoms with E-state index in [1.54, 1.807) is 18.3 Å². The highest BCUT2D eigenvalue weighted by molar-refractivity contribution is 9.10. The van der Waals surface area contributed by atoms with Crippen LogP contribution in [0.25, 0.3) is 6.08 Å². The lowest BCUT2D eigenvalue weighted by atomic mass is 10.1. The Hall–Kier alpha value is -1.68. The fourth-order valence-electron chi connectivity index (χ4n) is 1.76. The van der Waals surface area contributed by atoms with E-state index in [2.05, 4.69) is 21.0 Å². The molecule has 0 aliphatic rings. The first kappa shape index (κ1) is 13.7. The van der Waals surface area contributed by atoms with Gasteiger partial charge in [-0.3, -0.25) is 9.48 Å². The molecule has 98 valence electrons. The zero-order chi connectivity index (χ0) is 13.8. The van der Waals surface area contributed by atoms with Crippen molar-refractivity contribution in [1.82, 2.24) is 9.78 Å². The molecule has 1 heterocycles. The molecule has 0 radical (unpaired) electrons. The standard InChI is InChI=1S/C15H15BrN2O/c1-3-18-14(13(16)10-17-18)8-9-15(19)12-6-4-11(2)5-7-12/h4-10H,3H2,1-2H3. The van der Waals surface area contributed by atoms with Crippen molar-refractivity contribution in [2.45, 2.75) is 20.4 Å². The highest BCUT2D eigenvalue weighted by Crippen LogP contribution is 2.18. The van der Waals surface area contributed by atoms with Crippen LogP contribution in [0.3, 0.4) is 0 Å². The van der Waals surface area contributed by atoms with Gasteiger partial charge in [0.15, 0.2) is 5.78 Å². The molecule has 0 unspecified atom stereocenters.